The van der Waals surface area contributed by atoms with E-state index < -0.39 is 17.6 Å². The summed E-state index contributed by atoms with van der Waals surface area (Å²) in [4.78, 5) is 15.7. The van der Waals surface area contributed by atoms with Gasteiger partial charge in [-0.1, -0.05) is 25.1 Å². The zero-order valence-corrected chi connectivity index (χ0v) is 14.1. The Labute approximate surface area is 145 Å². The normalized spacial score (nSPS) is 10.4. The van der Waals surface area contributed by atoms with Crippen LogP contribution in [-0.2, 0) is 4.79 Å². The van der Waals surface area contributed by atoms with Gasteiger partial charge in [-0.05, 0) is 25.5 Å². The maximum absolute atomic E-state index is 14.1. The van der Waals surface area contributed by atoms with Gasteiger partial charge in [0.05, 0.1) is 5.71 Å². The number of hydrogen-bond acceptors (Lipinski definition) is 5. The van der Waals surface area contributed by atoms with Crippen molar-refractivity contribution in [3.63, 3.8) is 0 Å². The fraction of sp³-hybridized carbons (Fsp3) is 0.222. The van der Waals surface area contributed by atoms with E-state index in [9.17, 15) is 9.18 Å². The van der Waals surface area contributed by atoms with Gasteiger partial charge in [0.1, 0.15) is 5.71 Å². The summed E-state index contributed by atoms with van der Waals surface area (Å²) >= 11 is 0. The van der Waals surface area contributed by atoms with Crippen LogP contribution in [0.3, 0.4) is 0 Å². The van der Waals surface area contributed by atoms with Crippen LogP contribution < -0.4 is 11.1 Å². The largest absolute Gasteiger partial charge is 0.398 e. The van der Waals surface area contributed by atoms with E-state index in [4.69, 9.17) is 16.6 Å². The Hall–Kier alpha value is -3.09. The van der Waals surface area contributed by atoms with E-state index in [2.05, 4.69) is 10.3 Å². The molecule has 1 amide bonds. The van der Waals surface area contributed by atoms with Gasteiger partial charge in [0.2, 0.25) is 5.95 Å². The Balaban J connectivity index is 2.39. The zero-order valence-electron chi connectivity index (χ0n) is 14.1. The highest BCUT2D eigenvalue weighted by Crippen LogP contribution is 2.30. The maximum atomic E-state index is 14.1. The van der Waals surface area contributed by atoms with E-state index in [1.54, 1.807) is 31.2 Å². The number of anilines is 1. The van der Waals surface area contributed by atoms with Gasteiger partial charge in [-0.25, -0.2) is 4.98 Å². The summed E-state index contributed by atoms with van der Waals surface area (Å²) < 4.78 is 14.1. The standard InChI is InChI=1S/C18H20FN5O/c1-3-9-23-18(25)16(22)15(21)13-6-4-5-11(14(13)20)12-8-7-10(2)24-17(12)19/h4-8,21-22H,3,9,20H2,1-2H3,(H,23,25). The van der Waals surface area contributed by atoms with Crippen molar-refractivity contribution in [3.05, 3.63) is 47.5 Å². The number of nitrogens with one attached hydrogen (secondary N) is 3. The molecule has 0 atom stereocenters. The number of rotatable bonds is 6. The SMILES string of the molecule is CCCNC(=O)C(=N)C(=N)c1cccc(-c2ccc(C)nc2F)c1N. The monoisotopic (exact) mass is 341 g/mol. The lowest BCUT2D eigenvalue weighted by Crippen LogP contribution is -2.36. The van der Waals surface area contributed by atoms with Crippen LogP contribution in [0.15, 0.2) is 30.3 Å². The molecule has 7 heteroatoms. The van der Waals surface area contributed by atoms with Gasteiger partial charge in [0.25, 0.3) is 5.91 Å². The Morgan fingerprint density at radius 1 is 1.24 bits per heavy atom. The second-order valence-corrected chi connectivity index (χ2v) is 5.56. The van der Waals surface area contributed by atoms with Crippen LogP contribution in [0.1, 0.15) is 24.6 Å². The lowest BCUT2D eigenvalue weighted by Gasteiger charge is -2.13. The number of nitrogen functional groups attached to an aromatic ring is 1. The molecule has 0 saturated carbocycles. The van der Waals surface area contributed by atoms with Crippen LogP contribution in [0, 0.1) is 23.7 Å². The molecule has 0 fully saturated rings. The predicted octanol–water partition coefficient (Wildman–Crippen LogP) is 2.69. The summed E-state index contributed by atoms with van der Waals surface area (Å²) in [6.07, 6.45) is 0.726. The number of pyridine rings is 1. The quantitative estimate of drug-likeness (QED) is 0.368. The molecule has 6 nitrogen and oxygen atoms in total. The average molecular weight is 341 g/mol. The molecule has 1 aromatic heterocycles. The summed E-state index contributed by atoms with van der Waals surface area (Å²) in [6, 6.07) is 7.98. The third-order valence-corrected chi connectivity index (χ3v) is 3.67. The number of halogens is 1. The second kappa shape index (κ2) is 7.65. The van der Waals surface area contributed by atoms with Crippen molar-refractivity contribution in [1.29, 1.82) is 10.8 Å². The Kier molecular flexibility index (Phi) is 5.59. The van der Waals surface area contributed by atoms with Crippen molar-refractivity contribution in [3.8, 4) is 11.1 Å². The average Bonchev–Trinajstić information content (AvgIpc) is 2.59. The fourth-order valence-electron chi connectivity index (χ4n) is 2.32. The molecule has 0 aliphatic heterocycles. The van der Waals surface area contributed by atoms with Crippen molar-refractivity contribution in [1.82, 2.24) is 10.3 Å². The van der Waals surface area contributed by atoms with Gasteiger partial charge in [-0.3, -0.25) is 15.6 Å². The summed E-state index contributed by atoms with van der Waals surface area (Å²) in [5.41, 5.74) is 6.75. The van der Waals surface area contributed by atoms with Gasteiger partial charge in [0.15, 0.2) is 0 Å². The molecule has 1 heterocycles. The molecule has 0 bridgehead atoms. The summed E-state index contributed by atoms with van der Waals surface area (Å²) in [5.74, 6) is -1.30. The fourth-order valence-corrected chi connectivity index (χ4v) is 2.32. The summed E-state index contributed by atoms with van der Waals surface area (Å²) in [7, 11) is 0. The predicted molar refractivity (Wildman–Crippen MR) is 96.6 cm³/mol. The Bertz CT molecular complexity index is 847. The molecule has 0 aliphatic rings. The number of nitrogens with zero attached hydrogens (tertiary/aromatic N) is 1. The third kappa shape index (κ3) is 3.88. The topological polar surface area (TPSA) is 116 Å². The minimum Gasteiger partial charge on any atom is -0.398 e. The molecule has 0 spiro atoms. The lowest BCUT2D eigenvalue weighted by molar-refractivity contribution is -0.114. The summed E-state index contributed by atoms with van der Waals surface area (Å²) in [6.45, 7) is 3.99. The number of carbonyl (C=O) groups excluding carboxylic acids is 1. The van der Waals surface area contributed by atoms with Gasteiger partial charge >= 0.3 is 0 Å². The van der Waals surface area contributed by atoms with E-state index in [1.165, 1.54) is 6.07 Å². The highest BCUT2D eigenvalue weighted by molar-refractivity contribution is 6.68. The Morgan fingerprint density at radius 3 is 2.60 bits per heavy atom. The number of nitrogens with two attached hydrogens (primary N) is 1. The molecular formula is C18H20FN5O. The number of benzene rings is 1. The minimum absolute atomic E-state index is 0.130. The zero-order chi connectivity index (χ0) is 18.6. The van der Waals surface area contributed by atoms with Crippen LogP contribution >= 0.6 is 0 Å². The second-order valence-electron chi connectivity index (χ2n) is 5.56. The number of hydrogen-bond donors (Lipinski definition) is 4. The van der Waals surface area contributed by atoms with E-state index in [0.29, 0.717) is 17.8 Å². The molecule has 0 saturated heterocycles. The first kappa shape index (κ1) is 18.3. The van der Waals surface area contributed by atoms with E-state index in [1.807, 2.05) is 6.92 Å². The van der Waals surface area contributed by atoms with Crippen LogP contribution in [0.25, 0.3) is 11.1 Å². The molecule has 130 valence electrons. The van der Waals surface area contributed by atoms with Crippen LogP contribution in [0.4, 0.5) is 10.1 Å². The smallest absolute Gasteiger partial charge is 0.271 e. The van der Waals surface area contributed by atoms with E-state index in [0.717, 1.165) is 6.42 Å². The Morgan fingerprint density at radius 2 is 1.96 bits per heavy atom. The first-order valence-corrected chi connectivity index (χ1v) is 7.84. The molecule has 1 aromatic carbocycles. The minimum atomic E-state index is -0.661. The number of amides is 1. The third-order valence-electron chi connectivity index (χ3n) is 3.67. The molecule has 5 N–H and O–H groups in total. The molecular weight excluding hydrogens is 321 g/mol. The van der Waals surface area contributed by atoms with Crippen molar-refractivity contribution in [2.75, 3.05) is 12.3 Å². The van der Waals surface area contributed by atoms with Gasteiger partial charge in [-0.2, -0.15) is 4.39 Å². The van der Waals surface area contributed by atoms with Gasteiger partial charge in [-0.15, -0.1) is 0 Å². The number of aromatic nitrogens is 1. The van der Waals surface area contributed by atoms with Crippen molar-refractivity contribution < 1.29 is 9.18 Å². The molecule has 25 heavy (non-hydrogen) atoms. The van der Waals surface area contributed by atoms with Crippen molar-refractivity contribution in [2.45, 2.75) is 20.3 Å². The highest BCUT2D eigenvalue weighted by Gasteiger charge is 2.20. The first-order valence-electron chi connectivity index (χ1n) is 7.84. The van der Waals surface area contributed by atoms with Crippen LogP contribution in [0.5, 0.6) is 0 Å². The van der Waals surface area contributed by atoms with E-state index in [-0.39, 0.29) is 22.5 Å². The number of para-hydroxylation sites is 1. The lowest BCUT2D eigenvalue weighted by atomic mass is 9.96. The molecule has 2 aromatic rings. The van der Waals surface area contributed by atoms with Gasteiger partial charge < -0.3 is 11.1 Å². The maximum Gasteiger partial charge on any atom is 0.271 e. The first-order chi connectivity index (χ1) is 11.9. The number of carbonyl (C=O) groups is 1. The number of aryl methyl sites for hydroxylation is 1. The van der Waals surface area contributed by atoms with Crippen molar-refractivity contribution >= 4 is 23.0 Å². The summed E-state index contributed by atoms with van der Waals surface area (Å²) in [5, 5.41) is 18.5. The highest BCUT2D eigenvalue weighted by atomic mass is 19.1. The van der Waals surface area contributed by atoms with Crippen molar-refractivity contribution in [2.24, 2.45) is 0 Å². The molecule has 0 radical (unpaired) electrons. The van der Waals surface area contributed by atoms with Crippen LogP contribution in [0.2, 0.25) is 0 Å². The van der Waals surface area contributed by atoms with Crippen LogP contribution in [-0.4, -0.2) is 28.9 Å². The van der Waals surface area contributed by atoms with E-state index >= 15 is 0 Å². The molecule has 0 unspecified atom stereocenters. The molecule has 0 aliphatic carbocycles. The van der Waals surface area contributed by atoms with Gasteiger partial charge in [0, 0.05) is 34.6 Å². The molecule has 2 rings (SSSR count).